The highest BCUT2D eigenvalue weighted by atomic mass is 79.9. The summed E-state index contributed by atoms with van der Waals surface area (Å²) in [4.78, 5) is 5.31. The van der Waals surface area contributed by atoms with Gasteiger partial charge >= 0.3 is 0 Å². The molecule has 18 heavy (non-hydrogen) atoms. The molecule has 2 unspecified atom stereocenters. The summed E-state index contributed by atoms with van der Waals surface area (Å²) in [6.45, 7) is 5.34. The lowest BCUT2D eigenvalue weighted by atomic mass is 9.94. The van der Waals surface area contributed by atoms with E-state index in [0.29, 0.717) is 0 Å². The van der Waals surface area contributed by atoms with Crippen molar-refractivity contribution in [2.75, 3.05) is 38.6 Å². The van der Waals surface area contributed by atoms with E-state index < -0.39 is 0 Å². The van der Waals surface area contributed by atoms with Crippen molar-refractivity contribution in [3.8, 4) is 0 Å². The van der Waals surface area contributed by atoms with Gasteiger partial charge in [0.05, 0.1) is 0 Å². The van der Waals surface area contributed by atoms with Gasteiger partial charge in [0.2, 0.25) is 0 Å². The van der Waals surface area contributed by atoms with Crippen LogP contribution in [0.15, 0.2) is 0 Å². The quantitative estimate of drug-likeness (QED) is 0.718. The largest absolute Gasteiger partial charge is 0.303 e. The standard InChI is InChI=1S/C15H29BrN2/c1-17-10-3-2-6-15(17)8-12-18-11-4-5-14(13-18)7-9-16/h14-15H,2-13H2,1H3. The van der Waals surface area contributed by atoms with E-state index in [1.54, 1.807) is 0 Å². The van der Waals surface area contributed by atoms with Gasteiger partial charge in [0.15, 0.2) is 0 Å². The van der Waals surface area contributed by atoms with Crippen LogP contribution in [0, 0.1) is 5.92 Å². The van der Waals surface area contributed by atoms with Gasteiger partial charge in [0, 0.05) is 17.9 Å². The normalized spacial score (nSPS) is 31.7. The predicted molar refractivity (Wildman–Crippen MR) is 82.5 cm³/mol. The predicted octanol–water partition coefficient (Wildman–Crippen LogP) is 3.36. The maximum atomic E-state index is 3.59. The molecule has 0 radical (unpaired) electrons. The third-order valence-electron chi connectivity index (χ3n) is 4.82. The van der Waals surface area contributed by atoms with Crippen molar-refractivity contribution in [3.05, 3.63) is 0 Å². The average molecular weight is 317 g/mol. The summed E-state index contributed by atoms with van der Waals surface area (Å²) in [6.07, 6.45) is 9.89. The van der Waals surface area contributed by atoms with Crippen molar-refractivity contribution in [1.82, 2.24) is 9.80 Å². The van der Waals surface area contributed by atoms with Crippen LogP contribution < -0.4 is 0 Å². The van der Waals surface area contributed by atoms with Gasteiger partial charge in [-0.05, 0) is 71.1 Å². The fourth-order valence-electron chi connectivity index (χ4n) is 3.58. The lowest BCUT2D eigenvalue weighted by molar-refractivity contribution is 0.128. The van der Waals surface area contributed by atoms with Gasteiger partial charge in [-0.25, -0.2) is 0 Å². The van der Waals surface area contributed by atoms with Crippen molar-refractivity contribution in [2.45, 2.75) is 51.0 Å². The summed E-state index contributed by atoms with van der Waals surface area (Å²) < 4.78 is 0. The van der Waals surface area contributed by atoms with E-state index in [0.717, 1.165) is 12.0 Å². The van der Waals surface area contributed by atoms with Gasteiger partial charge in [-0.3, -0.25) is 0 Å². The molecule has 2 aliphatic heterocycles. The van der Waals surface area contributed by atoms with Gasteiger partial charge in [-0.15, -0.1) is 0 Å². The van der Waals surface area contributed by atoms with Crippen LogP contribution in [-0.2, 0) is 0 Å². The third-order valence-corrected chi connectivity index (χ3v) is 5.28. The Morgan fingerprint density at radius 3 is 2.72 bits per heavy atom. The molecule has 2 nitrogen and oxygen atoms in total. The molecule has 0 aromatic heterocycles. The van der Waals surface area contributed by atoms with Crippen molar-refractivity contribution in [1.29, 1.82) is 0 Å². The maximum absolute atomic E-state index is 3.59. The summed E-state index contributed by atoms with van der Waals surface area (Å²) in [5.74, 6) is 0.946. The Labute approximate surface area is 121 Å². The molecular weight excluding hydrogens is 288 g/mol. The fourth-order valence-corrected chi connectivity index (χ4v) is 4.23. The van der Waals surface area contributed by atoms with Crippen LogP contribution in [-0.4, -0.2) is 54.4 Å². The van der Waals surface area contributed by atoms with Crippen LogP contribution in [0.2, 0.25) is 0 Å². The molecule has 0 bridgehead atoms. The number of hydrogen-bond acceptors (Lipinski definition) is 2. The van der Waals surface area contributed by atoms with Crippen molar-refractivity contribution in [3.63, 3.8) is 0 Å². The first-order valence-electron chi connectivity index (χ1n) is 7.78. The van der Waals surface area contributed by atoms with Crippen LogP contribution in [0.25, 0.3) is 0 Å². The van der Waals surface area contributed by atoms with Crippen LogP contribution in [0.4, 0.5) is 0 Å². The monoisotopic (exact) mass is 316 g/mol. The van der Waals surface area contributed by atoms with Crippen LogP contribution >= 0.6 is 15.9 Å². The van der Waals surface area contributed by atoms with E-state index >= 15 is 0 Å². The van der Waals surface area contributed by atoms with E-state index in [4.69, 9.17) is 0 Å². The van der Waals surface area contributed by atoms with E-state index in [-0.39, 0.29) is 0 Å². The van der Waals surface area contributed by atoms with Gasteiger partial charge < -0.3 is 9.80 Å². The first-order valence-corrected chi connectivity index (χ1v) is 8.90. The van der Waals surface area contributed by atoms with Gasteiger partial charge in [0.1, 0.15) is 0 Å². The second kappa shape index (κ2) is 7.86. The zero-order chi connectivity index (χ0) is 12.8. The van der Waals surface area contributed by atoms with E-state index in [1.165, 1.54) is 76.5 Å². The zero-order valence-corrected chi connectivity index (χ0v) is 13.5. The zero-order valence-electron chi connectivity index (χ0n) is 11.9. The minimum atomic E-state index is 0.857. The number of nitrogens with zero attached hydrogens (tertiary/aromatic N) is 2. The Bertz CT molecular complexity index is 233. The fraction of sp³-hybridized carbons (Fsp3) is 1.00. The summed E-state index contributed by atoms with van der Waals surface area (Å²) >= 11 is 3.59. The number of alkyl halides is 1. The highest BCUT2D eigenvalue weighted by molar-refractivity contribution is 9.09. The summed E-state index contributed by atoms with van der Waals surface area (Å²) in [5.41, 5.74) is 0. The molecule has 0 N–H and O–H groups in total. The molecule has 0 aliphatic carbocycles. The molecule has 0 aromatic rings. The summed E-state index contributed by atoms with van der Waals surface area (Å²) in [5, 5.41) is 1.18. The third kappa shape index (κ3) is 4.50. The van der Waals surface area contributed by atoms with E-state index in [9.17, 15) is 0 Å². The van der Waals surface area contributed by atoms with Gasteiger partial charge in [-0.1, -0.05) is 22.4 Å². The van der Waals surface area contributed by atoms with Crippen LogP contribution in [0.3, 0.4) is 0 Å². The Morgan fingerprint density at radius 2 is 1.94 bits per heavy atom. The number of piperidine rings is 2. The molecule has 2 saturated heterocycles. The summed E-state index contributed by atoms with van der Waals surface area (Å²) in [6, 6.07) is 0.857. The second-order valence-corrected chi connectivity index (χ2v) is 7.00. The highest BCUT2D eigenvalue weighted by Gasteiger charge is 2.22. The first kappa shape index (κ1) is 14.8. The highest BCUT2D eigenvalue weighted by Crippen LogP contribution is 2.22. The van der Waals surface area contributed by atoms with Crippen LogP contribution in [0.5, 0.6) is 0 Å². The molecule has 3 heteroatoms. The Morgan fingerprint density at radius 1 is 1.06 bits per heavy atom. The number of rotatable bonds is 5. The summed E-state index contributed by atoms with van der Waals surface area (Å²) in [7, 11) is 2.31. The molecule has 2 atom stereocenters. The number of likely N-dealkylation sites (tertiary alicyclic amines) is 2. The topological polar surface area (TPSA) is 6.48 Å². The molecule has 0 aromatic carbocycles. The second-order valence-electron chi connectivity index (χ2n) is 6.21. The molecule has 0 saturated carbocycles. The SMILES string of the molecule is CN1CCCCC1CCN1CCCC(CCBr)C1. The number of halogens is 1. The van der Waals surface area contributed by atoms with Crippen molar-refractivity contribution >= 4 is 15.9 Å². The molecule has 2 heterocycles. The molecule has 2 aliphatic rings. The maximum Gasteiger partial charge on any atom is 0.0104 e. The average Bonchev–Trinajstić information content (AvgIpc) is 2.39. The minimum absolute atomic E-state index is 0.857. The van der Waals surface area contributed by atoms with Crippen molar-refractivity contribution < 1.29 is 0 Å². The molecule has 106 valence electrons. The molecular formula is C15H29BrN2. The van der Waals surface area contributed by atoms with E-state index in [1.807, 2.05) is 0 Å². The molecule has 0 spiro atoms. The number of hydrogen-bond donors (Lipinski definition) is 0. The Hall–Kier alpha value is 0.400. The lowest BCUT2D eigenvalue weighted by Gasteiger charge is -2.36. The van der Waals surface area contributed by atoms with E-state index in [2.05, 4.69) is 32.8 Å². The molecule has 2 rings (SSSR count). The minimum Gasteiger partial charge on any atom is -0.303 e. The van der Waals surface area contributed by atoms with Gasteiger partial charge in [-0.2, -0.15) is 0 Å². The molecule has 0 amide bonds. The smallest absolute Gasteiger partial charge is 0.0104 e. The van der Waals surface area contributed by atoms with Gasteiger partial charge in [0.25, 0.3) is 0 Å². The lowest BCUT2D eigenvalue weighted by Crippen LogP contribution is -2.41. The van der Waals surface area contributed by atoms with Crippen LogP contribution in [0.1, 0.15) is 44.9 Å². The van der Waals surface area contributed by atoms with Crippen molar-refractivity contribution in [2.24, 2.45) is 5.92 Å². The first-order chi connectivity index (χ1) is 8.79. The Kier molecular flexibility index (Phi) is 6.46. The Balaban J connectivity index is 1.69. The molecule has 2 fully saturated rings.